The van der Waals surface area contributed by atoms with E-state index in [4.69, 9.17) is 4.74 Å². The second-order valence-electron chi connectivity index (χ2n) is 7.14. The molecule has 29 heavy (non-hydrogen) atoms. The van der Waals surface area contributed by atoms with Gasteiger partial charge < -0.3 is 14.7 Å². The lowest BCUT2D eigenvalue weighted by Crippen LogP contribution is -2.36. The van der Waals surface area contributed by atoms with Gasteiger partial charge in [0.2, 0.25) is 0 Å². The van der Waals surface area contributed by atoms with Crippen LogP contribution >= 0.6 is 0 Å². The number of benzene rings is 3. The fourth-order valence-electron chi connectivity index (χ4n) is 3.30. The summed E-state index contributed by atoms with van der Waals surface area (Å²) in [4.78, 5) is 26.6. The topological polar surface area (TPSA) is 66.8 Å². The first-order valence-corrected chi connectivity index (χ1v) is 9.44. The van der Waals surface area contributed by atoms with E-state index < -0.39 is 12.6 Å². The Kier molecular flexibility index (Phi) is 5.16. The van der Waals surface area contributed by atoms with Gasteiger partial charge in [-0.05, 0) is 41.8 Å². The van der Waals surface area contributed by atoms with Crippen LogP contribution in [0.25, 0.3) is 10.8 Å². The molecule has 0 radical (unpaired) electrons. The largest absolute Gasteiger partial charge is 0.507 e. The Morgan fingerprint density at radius 2 is 1.69 bits per heavy atom. The van der Waals surface area contributed by atoms with E-state index in [1.54, 1.807) is 23.1 Å². The minimum Gasteiger partial charge on any atom is -0.507 e. The molecule has 1 N–H and O–H groups in total. The van der Waals surface area contributed by atoms with Crippen molar-refractivity contribution in [3.63, 3.8) is 0 Å². The summed E-state index contributed by atoms with van der Waals surface area (Å²) in [7, 11) is 0. The average Bonchev–Trinajstić information content (AvgIpc) is 3.55. The maximum absolute atomic E-state index is 14.0. The Morgan fingerprint density at radius 1 is 1.03 bits per heavy atom. The van der Waals surface area contributed by atoms with Gasteiger partial charge in [-0.15, -0.1) is 0 Å². The number of amides is 1. The van der Waals surface area contributed by atoms with Gasteiger partial charge in [0.25, 0.3) is 5.91 Å². The summed E-state index contributed by atoms with van der Waals surface area (Å²) in [5.74, 6) is -1.73. The molecule has 0 spiro atoms. The van der Waals surface area contributed by atoms with E-state index in [-0.39, 0.29) is 35.6 Å². The van der Waals surface area contributed by atoms with Crippen LogP contribution in [0.3, 0.4) is 0 Å². The SMILES string of the molecule is O=C(OCC(=O)N(Cc1ccccc1F)C1CC1)c1cc2ccccc2cc1O. The second-order valence-corrected chi connectivity index (χ2v) is 7.14. The number of carbonyl (C=O) groups excluding carboxylic acids is 2. The molecule has 1 aliphatic rings. The molecule has 6 heteroatoms. The molecule has 0 heterocycles. The molecule has 0 saturated heterocycles. The highest BCUT2D eigenvalue weighted by Crippen LogP contribution is 2.29. The van der Waals surface area contributed by atoms with Gasteiger partial charge >= 0.3 is 5.97 Å². The lowest BCUT2D eigenvalue weighted by molar-refractivity contribution is -0.135. The fourth-order valence-corrected chi connectivity index (χ4v) is 3.30. The maximum atomic E-state index is 14.0. The third-order valence-electron chi connectivity index (χ3n) is 5.02. The van der Waals surface area contributed by atoms with Crippen LogP contribution in [0, 0.1) is 5.82 Å². The first-order chi connectivity index (χ1) is 14.0. The number of phenols is 1. The summed E-state index contributed by atoms with van der Waals surface area (Å²) < 4.78 is 19.1. The number of phenolic OH excluding ortho intramolecular Hbond substituents is 1. The zero-order valence-electron chi connectivity index (χ0n) is 15.7. The third kappa shape index (κ3) is 4.21. The molecule has 0 bridgehead atoms. The quantitative estimate of drug-likeness (QED) is 0.642. The number of hydrogen-bond donors (Lipinski definition) is 1. The Labute approximate surface area is 167 Å². The van der Waals surface area contributed by atoms with Crippen molar-refractivity contribution in [3.8, 4) is 5.75 Å². The fraction of sp³-hybridized carbons (Fsp3) is 0.217. The monoisotopic (exact) mass is 393 g/mol. The van der Waals surface area contributed by atoms with Gasteiger partial charge in [0.05, 0.1) is 0 Å². The summed E-state index contributed by atoms with van der Waals surface area (Å²) in [6, 6.07) is 16.7. The number of aromatic hydroxyl groups is 1. The van der Waals surface area contributed by atoms with Crippen molar-refractivity contribution in [2.24, 2.45) is 0 Å². The molecule has 1 fully saturated rings. The molecule has 148 valence electrons. The van der Waals surface area contributed by atoms with Crippen molar-refractivity contribution in [2.75, 3.05) is 6.61 Å². The van der Waals surface area contributed by atoms with Gasteiger partial charge in [0.15, 0.2) is 6.61 Å². The molecule has 3 aromatic rings. The van der Waals surface area contributed by atoms with E-state index in [0.29, 0.717) is 5.56 Å². The molecule has 0 aliphatic heterocycles. The normalized spacial score (nSPS) is 13.3. The summed E-state index contributed by atoms with van der Waals surface area (Å²) in [5.41, 5.74) is 0.426. The predicted molar refractivity (Wildman–Crippen MR) is 106 cm³/mol. The van der Waals surface area contributed by atoms with Crippen LogP contribution in [0.15, 0.2) is 60.7 Å². The predicted octanol–water partition coefficient (Wildman–Crippen LogP) is 4.03. The van der Waals surface area contributed by atoms with Gasteiger partial charge in [-0.1, -0.05) is 42.5 Å². The van der Waals surface area contributed by atoms with Crippen LogP contribution < -0.4 is 0 Å². The summed E-state index contributed by atoms with van der Waals surface area (Å²) in [5, 5.41) is 11.7. The Balaban J connectivity index is 1.44. The van der Waals surface area contributed by atoms with Crippen molar-refractivity contribution < 1.29 is 23.8 Å². The number of esters is 1. The standard InChI is InChI=1S/C23H20FNO4/c24-20-8-4-3-7-17(20)13-25(18-9-10-18)22(27)14-29-23(28)19-11-15-5-1-2-6-16(15)12-21(19)26/h1-8,11-12,18,26H,9-10,13-14H2. The Bertz CT molecular complexity index is 1080. The van der Waals surface area contributed by atoms with Gasteiger partial charge in [-0.25, -0.2) is 9.18 Å². The van der Waals surface area contributed by atoms with Gasteiger partial charge in [0.1, 0.15) is 17.1 Å². The van der Waals surface area contributed by atoms with Crippen LogP contribution in [0.1, 0.15) is 28.8 Å². The second kappa shape index (κ2) is 7.91. The molecular weight excluding hydrogens is 373 g/mol. The number of rotatable bonds is 6. The Morgan fingerprint density at radius 3 is 2.38 bits per heavy atom. The van der Waals surface area contributed by atoms with Crippen molar-refractivity contribution in [1.29, 1.82) is 0 Å². The van der Waals surface area contributed by atoms with Crippen molar-refractivity contribution >= 4 is 22.6 Å². The summed E-state index contributed by atoms with van der Waals surface area (Å²) in [6.07, 6.45) is 1.69. The van der Waals surface area contributed by atoms with Crippen LogP contribution in [-0.4, -0.2) is 34.5 Å². The lowest BCUT2D eigenvalue weighted by atomic mass is 10.1. The maximum Gasteiger partial charge on any atom is 0.342 e. The van der Waals surface area contributed by atoms with E-state index in [9.17, 15) is 19.1 Å². The first-order valence-electron chi connectivity index (χ1n) is 9.44. The van der Waals surface area contributed by atoms with Gasteiger partial charge in [-0.3, -0.25) is 4.79 Å². The number of nitrogens with zero attached hydrogens (tertiary/aromatic N) is 1. The number of carbonyl (C=O) groups is 2. The highest BCUT2D eigenvalue weighted by molar-refractivity contribution is 5.99. The van der Waals surface area contributed by atoms with Crippen molar-refractivity contribution in [2.45, 2.75) is 25.4 Å². The van der Waals surface area contributed by atoms with E-state index in [0.717, 1.165) is 23.6 Å². The van der Waals surface area contributed by atoms with Crippen LogP contribution in [0.5, 0.6) is 5.75 Å². The lowest BCUT2D eigenvalue weighted by Gasteiger charge is -2.22. The van der Waals surface area contributed by atoms with Crippen molar-refractivity contribution in [3.05, 3.63) is 77.6 Å². The molecule has 0 atom stereocenters. The van der Waals surface area contributed by atoms with Crippen LogP contribution in [0.2, 0.25) is 0 Å². The highest BCUT2D eigenvalue weighted by atomic mass is 19.1. The molecular formula is C23H20FNO4. The molecule has 0 unspecified atom stereocenters. The Hall–Kier alpha value is -3.41. The molecule has 1 amide bonds. The molecule has 4 rings (SSSR count). The summed E-state index contributed by atoms with van der Waals surface area (Å²) >= 11 is 0. The van der Waals surface area contributed by atoms with E-state index in [1.165, 1.54) is 18.2 Å². The van der Waals surface area contributed by atoms with E-state index >= 15 is 0 Å². The smallest absolute Gasteiger partial charge is 0.342 e. The highest BCUT2D eigenvalue weighted by Gasteiger charge is 2.33. The zero-order valence-corrected chi connectivity index (χ0v) is 15.7. The van der Waals surface area contributed by atoms with Crippen molar-refractivity contribution in [1.82, 2.24) is 4.90 Å². The van der Waals surface area contributed by atoms with E-state index in [2.05, 4.69) is 0 Å². The average molecular weight is 393 g/mol. The minimum atomic E-state index is -0.775. The van der Waals surface area contributed by atoms with Crippen LogP contribution in [-0.2, 0) is 16.1 Å². The molecule has 3 aromatic carbocycles. The van der Waals surface area contributed by atoms with Gasteiger partial charge in [-0.2, -0.15) is 0 Å². The third-order valence-corrected chi connectivity index (χ3v) is 5.02. The zero-order chi connectivity index (χ0) is 20.4. The molecule has 5 nitrogen and oxygen atoms in total. The number of fused-ring (bicyclic) bond motifs is 1. The number of hydrogen-bond acceptors (Lipinski definition) is 4. The summed E-state index contributed by atoms with van der Waals surface area (Å²) in [6.45, 7) is -0.328. The van der Waals surface area contributed by atoms with E-state index in [1.807, 2.05) is 24.3 Å². The molecule has 1 saturated carbocycles. The minimum absolute atomic E-state index is 0.00331. The number of ether oxygens (including phenoxy) is 1. The number of halogens is 1. The van der Waals surface area contributed by atoms with Crippen LogP contribution in [0.4, 0.5) is 4.39 Å². The first kappa shape index (κ1) is 18.9. The molecule has 1 aliphatic carbocycles. The molecule has 0 aromatic heterocycles. The van der Waals surface area contributed by atoms with Gasteiger partial charge in [0, 0.05) is 18.2 Å².